The van der Waals surface area contributed by atoms with Gasteiger partial charge < -0.3 is 10.6 Å². The highest BCUT2D eigenvalue weighted by molar-refractivity contribution is 5.78. The summed E-state index contributed by atoms with van der Waals surface area (Å²) in [6.07, 6.45) is 3.88. The van der Waals surface area contributed by atoms with E-state index in [0.29, 0.717) is 0 Å². The van der Waals surface area contributed by atoms with E-state index in [1.165, 1.54) is 12.1 Å². The largest absolute Gasteiger partial charge is 0.345 e. The van der Waals surface area contributed by atoms with Crippen molar-refractivity contribution in [3.8, 4) is 11.3 Å². The second kappa shape index (κ2) is 9.48. The van der Waals surface area contributed by atoms with Crippen LogP contribution in [0.15, 0.2) is 30.3 Å². The van der Waals surface area contributed by atoms with Gasteiger partial charge in [-0.25, -0.2) is 4.39 Å². The number of unbranched alkanes of at least 4 members (excludes halogenated alkanes) is 2. The van der Waals surface area contributed by atoms with Gasteiger partial charge in [0.15, 0.2) is 0 Å². The molecule has 2 rings (SSSR count). The van der Waals surface area contributed by atoms with Crippen LogP contribution in [0.4, 0.5) is 4.39 Å². The number of H-pyrrole nitrogens is 1. The zero-order valence-electron chi connectivity index (χ0n) is 15.8. The van der Waals surface area contributed by atoms with E-state index in [4.69, 9.17) is 5.73 Å². The molecule has 6 heteroatoms. The molecule has 0 radical (unpaired) electrons. The molecule has 2 unspecified atom stereocenters. The van der Waals surface area contributed by atoms with Gasteiger partial charge in [-0.1, -0.05) is 25.5 Å². The van der Waals surface area contributed by atoms with Crippen LogP contribution in [0, 0.1) is 11.7 Å². The molecular weight excluding hydrogens is 331 g/mol. The van der Waals surface area contributed by atoms with Crippen LogP contribution < -0.4 is 5.73 Å². The van der Waals surface area contributed by atoms with Gasteiger partial charge in [0.05, 0.1) is 11.6 Å². The van der Waals surface area contributed by atoms with E-state index in [-0.39, 0.29) is 23.7 Å². The van der Waals surface area contributed by atoms with Crippen LogP contribution in [-0.2, 0) is 11.2 Å². The number of aryl methyl sites for hydroxylation is 1. The number of aromatic nitrogens is 2. The minimum atomic E-state index is -0.260. The van der Waals surface area contributed by atoms with E-state index in [9.17, 15) is 9.18 Å². The van der Waals surface area contributed by atoms with E-state index >= 15 is 0 Å². The van der Waals surface area contributed by atoms with Gasteiger partial charge in [0.1, 0.15) is 5.82 Å². The number of nitrogens with zero attached hydrogens (tertiary/aromatic N) is 2. The summed E-state index contributed by atoms with van der Waals surface area (Å²) in [4.78, 5) is 13.9. The van der Waals surface area contributed by atoms with Gasteiger partial charge in [0.2, 0.25) is 5.91 Å². The van der Waals surface area contributed by atoms with Crippen LogP contribution in [0.3, 0.4) is 0 Å². The van der Waals surface area contributed by atoms with Crippen molar-refractivity contribution >= 4 is 5.91 Å². The Morgan fingerprint density at radius 2 is 2.04 bits per heavy atom. The van der Waals surface area contributed by atoms with Gasteiger partial charge in [-0.3, -0.25) is 9.89 Å². The molecule has 0 bridgehead atoms. The quantitative estimate of drug-likeness (QED) is 0.673. The lowest BCUT2D eigenvalue weighted by Gasteiger charge is -2.23. The highest BCUT2D eigenvalue weighted by atomic mass is 19.1. The van der Waals surface area contributed by atoms with Gasteiger partial charge in [0.25, 0.3) is 0 Å². The third-order valence-corrected chi connectivity index (χ3v) is 4.75. The van der Waals surface area contributed by atoms with Crippen LogP contribution in [0.25, 0.3) is 11.3 Å². The first kappa shape index (κ1) is 20.1. The number of hydrogen-bond donors (Lipinski definition) is 2. The molecule has 1 amide bonds. The SMILES string of the molecule is CC(N)C(C)C(=O)N(C)CCCCCc1cc(-c2cccc(F)c2)n[nH]1. The van der Waals surface area contributed by atoms with Crippen LogP contribution in [-0.4, -0.2) is 40.6 Å². The predicted molar refractivity (Wildman–Crippen MR) is 102 cm³/mol. The number of rotatable bonds is 9. The van der Waals surface area contributed by atoms with Crippen molar-refractivity contribution in [2.24, 2.45) is 11.7 Å². The van der Waals surface area contributed by atoms with E-state index in [1.807, 2.05) is 33.0 Å². The molecule has 1 aromatic heterocycles. The normalized spacial score (nSPS) is 13.4. The van der Waals surface area contributed by atoms with Crippen molar-refractivity contribution < 1.29 is 9.18 Å². The molecule has 0 fully saturated rings. The number of nitrogens with one attached hydrogen (secondary N) is 1. The van der Waals surface area contributed by atoms with Gasteiger partial charge in [-0.2, -0.15) is 5.10 Å². The van der Waals surface area contributed by atoms with Crippen LogP contribution in [0.2, 0.25) is 0 Å². The summed E-state index contributed by atoms with van der Waals surface area (Å²) in [6, 6.07) is 8.28. The molecule has 0 aliphatic rings. The molecular formula is C20H29FN4O. The van der Waals surface area contributed by atoms with Crippen LogP contribution in [0.5, 0.6) is 0 Å². The molecule has 3 N–H and O–H groups in total. The Morgan fingerprint density at radius 1 is 1.27 bits per heavy atom. The Balaban J connectivity index is 1.71. The lowest BCUT2D eigenvalue weighted by atomic mass is 10.0. The van der Waals surface area contributed by atoms with Crippen molar-refractivity contribution in [3.63, 3.8) is 0 Å². The summed E-state index contributed by atoms with van der Waals surface area (Å²) >= 11 is 0. The Labute approximate surface area is 154 Å². The van der Waals surface area contributed by atoms with Crippen molar-refractivity contribution in [2.75, 3.05) is 13.6 Å². The number of halogens is 1. The first-order chi connectivity index (χ1) is 12.4. The summed E-state index contributed by atoms with van der Waals surface area (Å²) in [5, 5.41) is 7.28. The third-order valence-electron chi connectivity index (χ3n) is 4.75. The fraction of sp³-hybridized carbons (Fsp3) is 0.500. The molecule has 0 saturated heterocycles. The fourth-order valence-electron chi connectivity index (χ4n) is 2.81. The van der Waals surface area contributed by atoms with Crippen molar-refractivity contribution in [1.82, 2.24) is 15.1 Å². The molecule has 26 heavy (non-hydrogen) atoms. The number of hydrogen-bond acceptors (Lipinski definition) is 3. The fourth-order valence-corrected chi connectivity index (χ4v) is 2.81. The Kier molecular flexibility index (Phi) is 7.33. The maximum Gasteiger partial charge on any atom is 0.226 e. The van der Waals surface area contributed by atoms with Gasteiger partial charge >= 0.3 is 0 Å². The molecule has 2 aromatic rings. The number of carbonyl (C=O) groups excluding carboxylic acids is 1. The van der Waals surface area contributed by atoms with E-state index < -0.39 is 0 Å². The third kappa shape index (κ3) is 5.66. The molecule has 0 aliphatic carbocycles. The summed E-state index contributed by atoms with van der Waals surface area (Å²) in [6.45, 7) is 4.48. The van der Waals surface area contributed by atoms with Crippen molar-refractivity contribution in [1.29, 1.82) is 0 Å². The molecule has 0 aliphatic heterocycles. The zero-order valence-corrected chi connectivity index (χ0v) is 15.8. The smallest absolute Gasteiger partial charge is 0.226 e. The van der Waals surface area contributed by atoms with E-state index in [1.54, 1.807) is 11.0 Å². The van der Waals surface area contributed by atoms with Gasteiger partial charge in [-0.05, 0) is 44.4 Å². The standard InChI is InChI=1S/C20H29FN4O/c1-14(15(2)22)20(26)25(3)11-6-4-5-10-18-13-19(24-23-18)16-8-7-9-17(21)12-16/h7-9,12-15H,4-6,10-11,22H2,1-3H3,(H,23,24). The molecule has 1 aromatic carbocycles. The predicted octanol–water partition coefficient (Wildman–Crippen LogP) is 3.37. The van der Waals surface area contributed by atoms with E-state index in [0.717, 1.165) is 49.2 Å². The maximum absolute atomic E-state index is 13.3. The van der Waals surface area contributed by atoms with Crippen molar-refractivity contribution in [3.05, 3.63) is 41.8 Å². The summed E-state index contributed by atoms with van der Waals surface area (Å²) in [5.41, 5.74) is 8.36. The van der Waals surface area contributed by atoms with Crippen LogP contribution in [0.1, 0.15) is 38.8 Å². The summed E-state index contributed by atoms with van der Waals surface area (Å²) in [5.74, 6) is -0.302. The highest BCUT2D eigenvalue weighted by Gasteiger charge is 2.20. The van der Waals surface area contributed by atoms with Gasteiger partial charge in [-0.15, -0.1) is 0 Å². The average Bonchev–Trinajstić information content (AvgIpc) is 3.08. The number of nitrogens with two attached hydrogens (primary N) is 1. The molecule has 142 valence electrons. The Morgan fingerprint density at radius 3 is 2.73 bits per heavy atom. The number of amides is 1. The first-order valence-corrected chi connectivity index (χ1v) is 9.19. The molecule has 5 nitrogen and oxygen atoms in total. The Hall–Kier alpha value is -2.21. The van der Waals surface area contributed by atoms with Crippen molar-refractivity contribution in [2.45, 2.75) is 45.6 Å². The summed E-state index contributed by atoms with van der Waals surface area (Å²) in [7, 11) is 1.83. The highest BCUT2D eigenvalue weighted by Crippen LogP contribution is 2.19. The zero-order chi connectivity index (χ0) is 19.1. The maximum atomic E-state index is 13.3. The second-order valence-electron chi connectivity index (χ2n) is 7.01. The number of benzene rings is 1. The average molecular weight is 360 g/mol. The first-order valence-electron chi connectivity index (χ1n) is 9.19. The lowest BCUT2D eigenvalue weighted by Crippen LogP contribution is -2.40. The topological polar surface area (TPSA) is 75.0 Å². The number of carbonyl (C=O) groups is 1. The minimum Gasteiger partial charge on any atom is -0.345 e. The summed E-state index contributed by atoms with van der Waals surface area (Å²) < 4.78 is 13.3. The van der Waals surface area contributed by atoms with E-state index in [2.05, 4.69) is 10.2 Å². The molecule has 0 saturated carbocycles. The Bertz CT molecular complexity index is 713. The monoisotopic (exact) mass is 360 g/mol. The van der Waals surface area contributed by atoms with Crippen LogP contribution >= 0.6 is 0 Å². The molecule has 2 atom stereocenters. The second-order valence-corrected chi connectivity index (χ2v) is 7.01. The minimum absolute atomic E-state index is 0.105. The number of aromatic amines is 1. The molecule has 1 heterocycles. The van der Waals surface area contributed by atoms with Gasteiger partial charge in [0, 0.05) is 30.9 Å². The molecule has 0 spiro atoms. The lowest BCUT2D eigenvalue weighted by molar-refractivity contribution is -0.134.